The summed E-state index contributed by atoms with van der Waals surface area (Å²) >= 11 is 0. The average molecular weight is 289 g/mol. The van der Waals surface area contributed by atoms with Gasteiger partial charge in [-0.2, -0.15) is 0 Å². The lowest BCUT2D eigenvalue weighted by molar-refractivity contribution is -0.145. The fourth-order valence-electron chi connectivity index (χ4n) is 2.37. The Labute approximate surface area is 125 Å². The molecule has 1 saturated carbocycles. The smallest absolute Gasteiger partial charge is 0.328 e. The number of rotatable bonds is 7. The number of carbonyl (C=O) groups excluding carboxylic acids is 2. The number of hydrogen-bond acceptors (Lipinski definition) is 3. The van der Waals surface area contributed by atoms with Gasteiger partial charge in [-0.25, -0.2) is 4.79 Å². The number of nitrogens with one attached hydrogen (secondary N) is 1. The molecule has 0 aliphatic heterocycles. The van der Waals surface area contributed by atoms with E-state index < -0.39 is 6.04 Å². The third-order valence-electron chi connectivity index (χ3n) is 3.94. The molecule has 114 valence electrons. The van der Waals surface area contributed by atoms with Gasteiger partial charge in [0.15, 0.2) is 0 Å². The second kappa shape index (κ2) is 7.25. The van der Waals surface area contributed by atoms with Gasteiger partial charge in [0.1, 0.15) is 6.04 Å². The highest BCUT2D eigenvalue weighted by Crippen LogP contribution is 2.33. The molecule has 1 fully saturated rings. The maximum atomic E-state index is 12.0. The van der Waals surface area contributed by atoms with Crippen molar-refractivity contribution in [1.29, 1.82) is 0 Å². The van der Waals surface area contributed by atoms with Crippen molar-refractivity contribution in [3.8, 4) is 0 Å². The van der Waals surface area contributed by atoms with Gasteiger partial charge in [-0.3, -0.25) is 4.79 Å². The van der Waals surface area contributed by atoms with Crippen LogP contribution in [0.25, 0.3) is 0 Å². The molecule has 21 heavy (non-hydrogen) atoms. The molecule has 1 atom stereocenters. The largest absolute Gasteiger partial charge is 0.467 e. The number of amides is 1. The highest BCUT2D eigenvalue weighted by molar-refractivity contribution is 5.85. The van der Waals surface area contributed by atoms with Gasteiger partial charge in [-0.15, -0.1) is 0 Å². The molecule has 0 heterocycles. The van der Waals surface area contributed by atoms with Crippen LogP contribution in [0.2, 0.25) is 0 Å². The first kappa shape index (κ1) is 15.5. The zero-order valence-corrected chi connectivity index (χ0v) is 12.7. The van der Waals surface area contributed by atoms with Gasteiger partial charge in [-0.05, 0) is 42.7 Å². The fourth-order valence-corrected chi connectivity index (χ4v) is 2.37. The third kappa shape index (κ3) is 4.59. The van der Waals surface area contributed by atoms with E-state index in [1.54, 1.807) is 0 Å². The van der Waals surface area contributed by atoms with Gasteiger partial charge in [0, 0.05) is 6.42 Å². The molecule has 0 spiro atoms. The van der Waals surface area contributed by atoms with Crippen LogP contribution in [0.1, 0.15) is 37.3 Å². The predicted octanol–water partition coefficient (Wildman–Crippen LogP) is 2.25. The molecular weight excluding hydrogens is 266 g/mol. The van der Waals surface area contributed by atoms with Crippen molar-refractivity contribution in [3.63, 3.8) is 0 Å². The van der Waals surface area contributed by atoms with Crippen molar-refractivity contribution in [3.05, 3.63) is 35.4 Å². The van der Waals surface area contributed by atoms with Crippen molar-refractivity contribution in [2.45, 2.75) is 45.1 Å². The molecule has 1 aliphatic carbocycles. The Balaban J connectivity index is 1.81. The summed E-state index contributed by atoms with van der Waals surface area (Å²) < 4.78 is 4.75. The summed E-state index contributed by atoms with van der Waals surface area (Å²) in [5.74, 6) is -0.166. The minimum atomic E-state index is -0.468. The van der Waals surface area contributed by atoms with Crippen molar-refractivity contribution in [2.24, 2.45) is 5.92 Å². The van der Waals surface area contributed by atoms with Crippen molar-refractivity contribution >= 4 is 11.9 Å². The summed E-state index contributed by atoms with van der Waals surface area (Å²) in [7, 11) is 1.36. The van der Waals surface area contributed by atoms with Crippen LogP contribution in [0.5, 0.6) is 0 Å². The van der Waals surface area contributed by atoms with E-state index in [4.69, 9.17) is 4.74 Å². The van der Waals surface area contributed by atoms with Gasteiger partial charge in [0.25, 0.3) is 0 Å². The molecule has 0 bridgehead atoms. The summed E-state index contributed by atoms with van der Waals surface area (Å²) in [5.41, 5.74) is 2.44. The van der Waals surface area contributed by atoms with Gasteiger partial charge < -0.3 is 10.1 Å². The van der Waals surface area contributed by atoms with Crippen molar-refractivity contribution in [2.75, 3.05) is 7.11 Å². The van der Waals surface area contributed by atoms with Crippen LogP contribution in [0.4, 0.5) is 0 Å². The van der Waals surface area contributed by atoms with Crippen LogP contribution in [-0.2, 0) is 27.2 Å². The quantitative estimate of drug-likeness (QED) is 0.783. The molecule has 0 aromatic heterocycles. The lowest BCUT2D eigenvalue weighted by Gasteiger charge is -2.15. The van der Waals surface area contributed by atoms with Crippen LogP contribution in [0.15, 0.2) is 24.3 Å². The predicted molar refractivity (Wildman–Crippen MR) is 80.8 cm³/mol. The van der Waals surface area contributed by atoms with E-state index >= 15 is 0 Å². The average Bonchev–Trinajstić information content (AvgIpc) is 3.35. The molecule has 0 radical (unpaired) electrons. The Morgan fingerprint density at radius 1 is 1.24 bits per heavy atom. The first-order chi connectivity index (χ1) is 10.1. The van der Waals surface area contributed by atoms with Gasteiger partial charge >= 0.3 is 5.97 Å². The van der Waals surface area contributed by atoms with Crippen LogP contribution in [0.3, 0.4) is 0 Å². The summed E-state index contributed by atoms with van der Waals surface area (Å²) in [4.78, 5) is 23.6. The molecular formula is C17H23NO3. The van der Waals surface area contributed by atoms with Crippen LogP contribution >= 0.6 is 0 Å². The first-order valence-electron chi connectivity index (χ1n) is 7.59. The molecule has 0 saturated heterocycles. The lowest BCUT2D eigenvalue weighted by Crippen LogP contribution is -2.43. The molecule has 4 nitrogen and oxygen atoms in total. The number of methoxy groups -OCH3 is 1. The zero-order chi connectivity index (χ0) is 15.2. The summed E-state index contributed by atoms with van der Waals surface area (Å²) in [6, 6.07) is 7.84. The Kier molecular flexibility index (Phi) is 5.37. The molecule has 1 aromatic rings. The number of carbonyl (C=O) groups is 2. The standard InChI is InChI=1S/C17H23NO3/c1-3-12-4-6-13(7-5-12)8-11-15(19)18-16(14-9-10-14)17(20)21-2/h4-7,14,16H,3,8-11H2,1-2H3,(H,18,19)/t16-/m0/s1. The topological polar surface area (TPSA) is 55.4 Å². The van der Waals surface area contributed by atoms with E-state index in [0.717, 1.165) is 24.8 Å². The van der Waals surface area contributed by atoms with Crippen molar-refractivity contribution < 1.29 is 14.3 Å². The normalized spacial score (nSPS) is 15.3. The van der Waals surface area contributed by atoms with E-state index in [2.05, 4.69) is 36.5 Å². The van der Waals surface area contributed by atoms with E-state index in [-0.39, 0.29) is 17.8 Å². The van der Waals surface area contributed by atoms with E-state index in [0.29, 0.717) is 12.8 Å². The summed E-state index contributed by atoms with van der Waals surface area (Å²) in [6.45, 7) is 2.12. The number of ether oxygens (including phenoxy) is 1. The van der Waals surface area contributed by atoms with Gasteiger partial charge in [0.2, 0.25) is 5.91 Å². The highest BCUT2D eigenvalue weighted by Gasteiger charge is 2.37. The Morgan fingerprint density at radius 2 is 1.86 bits per heavy atom. The first-order valence-corrected chi connectivity index (χ1v) is 7.59. The van der Waals surface area contributed by atoms with Gasteiger partial charge in [0.05, 0.1) is 7.11 Å². The van der Waals surface area contributed by atoms with Crippen LogP contribution in [-0.4, -0.2) is 25.0 Å². The summed E-state index contributed by atoms with van der Waals surface area (Å²) in [6.07, 6.45) is 4.07. The van der Waals surface area contributed by atoms with E-state index in [1.807, 2.05) is 0 Å². The van der Waals surface area contributed by atoms with Gasteiger partial charge in [-0.1, -0.05) is 31.2 Å². The minimum absolute atomic E-state index is 0.0862. The number of aryl methyl sites for hydroxylation is 2. The number of esters is 1. The maximum Gasteiger partial charge on any atom is 0.328 e. The molecule has 1 amide bonds. The Bertz CT molecular complexity index is 491. The SMILES string of the molecule is CCc1ccc(CCC(=O)N[C@H](C(=O)OC)C2CC2)cc1. The summed E-state index contributed by atoms with van der Waals surface area (Å²) in [5, 5.41) is 2.81. The minimum Gasteiger partial charge on any atom is -0.467 e. The third-order valence-corrected chi connectivity index (χ3v) is 3.94. The van der Waals surface area contributed by atoms with Crippen LogP contribution < -0.4 is 5.32 Å². The lowest BCUT2D eigenvalue weighted by atomic mass is 10.1. The number of benzene rings is 1. The highest BCUT2D eigenvalue weighted by atomic mass is 16.5. The number of hydrogen-bond donors (Lipinski definition) is 1. The van der Waals surface area contributed by atoms with E-state index in [1.165, 1.54) is 12.7 Å². The fraction of sp³-hybridized carbons (Fsp3) is 0.529. The van der Waals surface area contributed by atoms with Crippen molar-refractivity contribution in [1.82, 2.24) is 5.32 Å². The Hall–Kier alpha value is -1.84. The Morgan fingerprint density at radius 3 is 2.38 bits per heavy atom. The molecule has 1 aliphatic rings. The molecule has 4 heteroatoms. The van der Waals surface area contributed by atoms with Crippen LogP contribution in [0, 0.1) is 5.92 Å². The molecule has 0 unspecified atom stereocenters. The second-order valence-electron chi connectivity index (χ2n) is 5.58. The molecule has 1 N–H and O–H groups in total. The molecule has 2 rings (SSSR count). The zero-order valence-electron chi connectivity index (χ0n) is 12.7. The van der Waals surface area contributed by atoms with E-state index in [9.17, 15) is 9.59 Å². The molecule has 1 aromatic carbocycles. The monoisotopic (exact) mass is 289 g/mol. The second-order valence-corrected chi connectivity index (χ2v) is 5.58. The maximum absolute atomic E-state index is 12.0.